The van der Waals surface area contributed by atoms with Crippen LogP contribution in [0.1, 0.15) is 26.7 Å². The van der Waals surface area contributed by atoms with Crippen LogP contribution in [0.25, 0.3) is 0 Å². The van der Waals surface area contributed by atoms with E-state index in [1.807, 2.05) is 36.4 Å². The second kappa shape index (κ2) is 5.16. The average molecular weight is 337 g/mol. The third-order valence-corrected chi connectivity index (χ3v) is 3.73. The molecule has 1 aliphatic rings. The molecule has 4 nitrogen and oxygen atoms in total. The molecule has 1 rings (SSSR count). The fraction of sp³-hybridized carbons (Fsp3) is 0.636. The maximum atomic E-state index is 11.7. The average Bonchev–Trinajstić information content (AvgIpc) is 2.20. The molecule has 5 heteroatoms. The lowest BCUT2D eigenvalue weighted by Gasteiger charge is -2.30. The molecule has 1 aliphatic carbocycles. The zero-order chi connectivity index (χ0) is 12.3. The van der Waals surface area contributed by atoms with Gasteiger partial charge in [-0.3, -0.25) is 9.59 Å². The lowest BCUT2D eigenvalue weighted by atomic mass is 9.79. The third kappa shape index (κ3) is 3.47. The lowest BCUT2D eigenvalue weighted by molar-refractivity contribution is -0.139. The molecule has 16 heavy (non-hydrogen) atoms. The number of hydrogen-bond acceptors (Lipinski definition) is 4. The molecule has 0 saturated carbocycles. The van der Waals surface area contributed by atoms with Crippen LogP contribution in [0.15, 0.2) is 9.28 Å². The van der Waals surface area contributed by atoms with Crippen LogP contribution in [0.3, 0.4) is 0 Å². The van der Waals surface area contributed by atoms with Gasteiger partial charge in [0.25, 0.3) is 0 Å². The highest BCUT2D eigenvalue weighted by molar-refractivity contribution is 14.1. The standard InChI is InChI=1S/C11H16INO3/c1-11(2)4-7(10(12)8(14)5-11)13-6-9(15)16-3/h13H,4-6H2,1-3H3. The Kier molecular flexibility index (Phi) is 4.35. The summed E-state index contributed by atoms with van der Waals surface area (Å²) < 4.78 is 5.25. The molecule has 1 N–H and O–H groups in total. The number of hydrogen-bond donors (Lipinski definition) is 1. The molecule has 0 radical (unpaired) electrons. The molecule has 0 spiro atoms. The normalized spacial score (nSPS) is 19.6. The Balaban J connectivity index is 2.73. The summed E-state index contributed by atoms with van der Waals surface area (Å²) in [5.41, 5.74) is 0.816. The van der Waals surface area contributed by atoms with E-state index in [0.717, 1.165) is 12.1 Å². The van der Waals surface area contributed by atoms with Gasteiger partial charge in [-0.15, -0.1) is 0 Å². The van der Waals surface area contributed by atoms with Crippen molar-refractivity contribution in [3.63, 3.8) is 0 Å². The SMILES string of the molecule is COC(=O)CNC1=C(I)C(=O)CC(C)(C)C1. The van der Waals surface area contributed by atoms with E-state index >= 15 is 0 Å². The summed E-state index contributed by atoms with van der Waals surface area (Å²) in [5, 5.41) is 2.98. The fourth-order valence-electron chi connectivity index (χ4n) is 1.69. The van der Waals surface area contributed by atoms with Gasteiger partial charge in [-0.1, -0.05) is 13.8 Å². The van der Waals surface area contributed by atoms with Crippen LogP contribution in [0.2, 0.25) is 0 Å². The van der Waals surface area contributed by atoms with E-state index in [9.17, 15) is 9.59 Å². The summed E-state index contributed by atoms with van der Waals surface area (Å²) in [4.78, 5) is 22.7. The molecule has 0 aromatic heterocycles. The van der Waals surface area contributed by atoms with Crippen LogP contribution >= 0.6 is 22.6 Å². The number of ketones is 1. The van der Waals surface area contributed by atoms with E-state index in [2.05, 4.69) is 10.1 Å². The molecule has 0 aliphatic heterocycles. The van der Waals surface area contributed by atoms with Gasteiger partial charge < -0.3 is 10.1 Å². The van der Waals surface area contributed by atoms with E-state index < -0.39 is 0 Å². The first kappa shape index (κ1) is 13.5. The number of rotatable bonds is 3. The monoisotopic (exact) mass is 337 g/mol. The molecule has 0 atom stereocenters. The van der Waals surface area contributed by atoms with Crippen molar-refractivity contribution in [2.45, 2.75) is 26.7 Å². The van der Waals surface area contributed by atoms with E-state index in [1.165, 1.54) is 7.11 Å². The Hall–Kier alpha value is -0.590. The van der Waals surface area contributed by atoms with Crippen molar-refractivity contribution < 1.29 is 14.3 Å². The first-order valence-electron chi connectivity index (χ1n) is 5.08. The molecule has 0 saturated heterocycles. The van der Waals surface area contributed by atoms with Gasteiger partial charge >= 0.3 is 5.97 Å². The summed E-state index contributed by atoms with van der Waals surface area (Å²) in [5.74, 6) is -0.184. The molecular weight excluding hydrogens is 321 g/mol. The van der Waals surface area contributed by atoms with Gasteiger partial charge in [0.1, 0.15) is 6.54 Å². The molecule has 0 amide bonds. The van der Waals surface area contributed by atoms with Crippen molar-refractivity contribution in [3.05, 3.63) is 9.28 Å². The summed E-state index contributed by atoms with van der Waals surface area (Å²) in [6.07, 6.45) is 1.35. The smallest absolute Gasteiger partial charge is 0.325 e. The predicted molar refractivity (Wildman–Crippen MR) is 69.1 cm³/mol. The predicted octanol–water partition coefficient (Wildman–Crippen LogP) is 1.78. The first-order valence-corrected chi connectivity index (χ1v) is 6.16. The maximum Gasteiger partial charge on any atom is 0.325 e. The number of carbonyl (C=O) groups excluding carboxylic acids is 2. The number of ether oxygens (including phenoxy) is 1. The third-order valence-electron chi connectivity index (χ3n) is 2.48. The Morgan fingerprint density at radius 2 is 2.12 bits per heavy atom. The quantitative estimate of drug-likeness (QED) is 0.630. The molecule has 0 aromatic rings. The zero-order valence-electron chi connectivity index (χ0n) is 9.72. The summed E-state index contributed by atoms with van der Waals surface area (Å²) in [6, 6.07) is 0. The molecule has 90 valence electrons. The Morgan fingerprint density at radius 1 is 1.50 bits per heavy atom. The largest absolute Gasteiger partial charge is 0.468 e. The summed E-state index contributed by atoms with van der Waals surface area (Å²) in [7, 11) is 1.35. The van der Waals surface area contributed by atoms with Crippen molar-refractivity contribution in [2.24, 2.45) is 5.41 Å². The van der Waals surface area contributed by atoms with Crippen LogP contribution in [0.5, 0.6) is 0 Å². The number of halogens is 1. The number of esters is 1. The fourth-order valence-corrected chi connectivity index (χ4v) is 2.26. The van der Waals surface area contributed by atoms with E-state index in [-0.39, 0.29) is 23.7 Å². The molecule has 0 aromatic carbocycles. The molecular formula is C11H16INO3. The highest BCUT2D eigenvalue weighted by Gasteiger charge is 2.31. The van der Waals surface area contributed by atoms with Gasteiger partial charge in [0.05, 0.1) is 10.7 Å². The minimum Gasteiger partial charge on any atom is -0.468 e. The van der Waals surface area contributed by atoms with Crippen LogP contribution in [0, 0.1) is 5.41 Å². The number of allylic oxidation sites excluding steroid dienone is 2. The van der Waals surface area contributed by atoms with Gasteiger partial charge in [-0.2, -0.15) is 0 Å². The second-order valence-electron chi connectivity index (χ2n) is 4.66. The second-order valence-corrected chi connectivity index (χ2v) is 5.74. The van der Waals surface area contributed by atoms with Gasteiger partial charge in [-0.05, 0) is 34.4 Å². The summed E-state index contributed by atoms with van der Waals surface area (Å²) >= 11 is 2.04. The van der Waals surface area contributed by atoms with Gasteiger partial charge in [0.15, 0.2) is 5.78 Å². The topological polar surface area (TPSA) is 55.4 Å². The first-order chi connectivity index (χ1) is 7.35. The van der Waals surface area contributed by atoms with Gasteiger partial charge in [-0.25, -0.2) is 0 Å². The minimum absolute atomic E-state index is 0.0375. The van der Waals surface area contributed by atoms with Crippen molar-refractivity contribution in [1.82, 2.24) is 5.32 Å². The van der Waals surface area contributed by atoms with Gasteiger partial charge in [0.2, 0.25) is 0 Å². The number of methoxy groups -OCH3 is 1. The number of nitrogens with one attached hydrogen (secondary N) is 1. The molecule has 0 unspecified atom stereocenters. The van der Waals surface area contributed by atoms with Gasteiger partial charge in [0, 0.05) is 12.1 Å². The summed E-state index contributed by atoms with van der Waals surface area (Å²) in [6.45, 7) is 4.21. The Labute approximate surface area is 109 Å². The van der Waals surface area contributed by atoms with Crippen molar-refractivity contribution in [2.75, 3.05) is 13.7 Å². The van der Waals surface area contributed by atoms with E-state index in [0.29, 0.717) is 10.0 Å². The molecule has 0 fully saturated rings. The van der Waals surface area contributed by atoms with Crippen LogP contribution in [-0.4, -0.2) is 25.4 Å². The van der Waals surface area contributed by atoms with Crippen molar-refractivity contribution in [3.8, 4) is 0 Å². The van der Waals surface area contributed by atoms with Crippen LogP contribution in [0.4, 0.5) is 0 Å². The highest BCUT2D eigenvalue weighted by Crippen LogP contribution is 2.37. The van der Waals surface area contributed by atoms with Crippen LogP contribution < -0.4 is 5.32 Å². The Bertz CT molecular complexity index is 347. The van der Waals surface area contributed by atoms with E-state index in [1.54, 1.807) is 0 Å². The Morgan fingerprint density at radius 3 is 2.69 bits per heavy atom. The maximum absolute atomic E-state index is 11.7. The minimum atomic E-state index is -0.326. The number of carbonyl (C=O) groups is 2. The van der Waals surface area contributed by atoms with E-state index in [4.69, 9.17) is 0 Å². The number of Topliss-reactive ketones (excluding diaryl/α,β-unsaturated/α-hetero) is 1. The van der Waals surface area contributed by atoms with Crippen molar-refractivity contribution >= 4 is 34.3 Å². The highest BCUT2D eigenvalue weighted by atomic mass is 127. The van der Waals surface area contributed by atoms with Crippen molar-refractivity contribution in [1.29, 1.82) is 0 Å². The molecule has 0 heterocycles. The zero-order valence-corrected chi connectivity index (χ0v) is 11.9. The molecule has 0 bridgehead atoms. The van der Waals surface area contributed by atoms with Crippen LogP contribution in [-0.2, 0) is 14.3 Å². The lowest BCUT2D eigenvalue weighted by Crippen LogP contribution is -2.32.